The van der Waals surface area contributed by atoms with E-state index in [1.807, 2.05) is 45.5 Å². The predicted octanol–water partition coefficient (Wildman–Crippen LogP) is 6.39. The monoisotopic (exact) mass is 506 g/mol. The van der Waals surface area contributed by atoms with Gasteiger partial charge < -0.3 is 0 Å². The Hall–Kier alpha value is -4.26. The fourth-order valence-corrected chi connectivity index (χ4v) is 5.01. The van der Waals surface area contributed by atoms with Crippen LogP contribution in [0, 0.1) is 0 Å². The smallest absolute Gasteiger partial charge is 0.292 e. The molecule has 2 aromatic heterocycles. The van der Waals surface area contributed by atoms with E-state index in [0.717, 1.165) is 59.3 Å². The first-order valence-corrected chi connectivity index (χ1v) is 13.4. The highest BCUT2D eigenvalue weighted by Gasteiger charge is 2.17. The highest BCUT2D eigenvalue weighted by molar-refractivity contribution is 5.80. The minimum absolute atomic E-state index is 0.0110. The molecule has 0 saturated heterocycles. The van der Waals surface area contributed by atoms with Gasteiger partial charge in [-0.15, -0.1) is 5.10 Å². The lowest BCUT2D eigenvalue weighted by molar-refractivity contribution is 0.653. The Morgan fingerprint density at radius 1 is 0.895 bits per heavy atom. The van der Waals surface area contributed by atoms with Gasteiger partial charge in [0, 0.05) is 17.5 Å². The van der Waals surface area contributed by atoms with E-state index in [1.54, 1.807) is 0 Å². The molecule has 0 fully saturated rings. The molecule has 194 valence electrons. The first-order chi connectivity index (χ1) is 18.6. The van der Waals surface area contributed by atoms with Crippen molar-refractivity contribution >= 4 is 0 Å². The summed E-state index contributed by atoms with van der Waals surface area (Å²) in [6, 6.07) is 24.7. The van der Waals surface area contributed by atoms with Crippen LogP contribution < -0.4 is 5.69 Å². The number of aromatic amines is 1. The first kappa shape index (κ1) is 25.4. The van der Waals surface area contributed by atoms with E-state index in [1.165, 1.54) is 5.56 Å². The number of nitrogens with zero attached hydrogens (tertiary/aromatic N) is 5. The van der Waals surface area contributed by atoms with Gasteiger partial charge in [0.2, 0.25) is 0 Å². The number of imidazole rings is 1. The lowest BCUT2D eigenvalue weighted by Crippen LogP contribution is -2.25. The molecule has 0 atom stereocenters. The van der Waals surface area contributed by atoms with Crippen LogP contribution in [0.2, 0.25) is 0 Å². The molecule has 0 unspecified atom stereocenters. The van der Waals surface area contributed by atoms with Gasteiger partial charge in [0.1, 0.15) is 0 Å². The topological polar surface area (TPSA) is 81.4 Å². The average Bonchev–Trinajstić information content (AvgIpc) is 3.58. The van der Waals surface area contributed by atoms with E-state index in [-0.39, 0.29) is 5.69 Å². The van der Waals surface area contributed by atoms with Crippen molar-refractivity contribution in [3.8, 4) is 28.2 Å². The third-order valence-corrected chi connectivity index (χ3v) is 7.05. The summed E-state index contributed by atoms with van der Waals surface area (Å²) in [5.41, 5.74) is 7.38. The molecule has 2 heterocycles. The maximum Gasteiger partial charge on any atom is 0.333 e. The maximum absolute atomic E-state index is 13.8. The molecule has 7 heteroatoms. The van der Waals surface area contributed by atoms with E-state index >= 15 is 0 Å². The molecule has 0 saturated carbocycles. The largest absolute Gasteiger partial charge is 0.333 e. The number of aromatic nitrogens is 6. The molecule has 0 radical (unpaired) electrons. The summed E-state index contributed by atoms with van der Waals surface area (Å²) < 4.78 is 3.78. The van der Waals surface area contributed by atoms with Crippen molar-refractivity contribution in [2.45, 2.75) is 58.9 Å². The third kappa shape index (κ3) is 5.23. The molecule has 0 bridgehead atoms. The lowest BCUT2D eigenvalue weighted by atomic mass is 9.98. The molecule has 38 heavy (non-hydrogen) atoms. The number of tetrazole rings is 1. The van der Waals surface area contributed by atoms with E-state index in [0.29, 0.717) is 18.3 Å². The highest BCUT2D eigenvalue weighted by Crippen LogP contribution is 2.30. The van der Waals surface area contributed by atoms with E-state index < -0.39 is 0 Å². The first-order valence-electron chi connectivity index (χ1n) is 13.4. The van der Waals surface area contributed by atoms with Gasteiger partial charge in [0.05, 0.1) is 12.2 Å². The Labute approximate surface area is 223 Å². The average molecular weight is 507 g/mol. The molecule has 5 rings (SSSR count). The normalized spacial score (nSPS) is 11.4. The van der Waals surface area contributed by atoms with E-state index in [4.69, 9.17) is 0 Å². The van der Waals surface area contributed by atoms with Crippen molar-refractivity contribution in [1.29, 1.82) is 0 Å². The Balaban J connectivity index is 1.48. The molecule has 1 N–H and O–H groups in total. The number of unbranched alkanes of at least 4 members (excludes halogenated alkanes) is 2. The second-order valence-electron chi connectivity index (χ2n) is 10.0. The molecule has 0 aliphatic heterocycles. The Kier molecular flexibility index (Phi) is 7.63. The van der Waals surface area contributed by atoms with Crippen LogP contribution >= 0.6 is 0 Å². The minimum atomic E-state index is 0.0110. The summed E-state index contributed by atoms with van der Waals surface area (Å²) in [7, 11) is 0. The second kappa shape index (κ2) is 11.4. The fourth-order valence-electron chi connectivity index (χ4n) is 5.01. The Bertz CT molecular complexity index is 1540. The van der Waals surface area contributed by atoms with Crippen molar-refractivity contribution in [2.75, 3.05) is 0 Å². The Morgan fingerprint density at radius 2 is 1.63 bits per heavy atom. The zero-order chi connectivity index (χ0) is 26.5. The van der Waals surface area contributed by atoms with Gasteiger partial charge in [-0.2, -0.15) is 0 Å². The number of hydrogen-bond acceptors (Lipinski definition) is 4. The van der Waals surface area contributed by atoms with Gasteiger partial charge in [-0.05, 0) is 57.5 Å². The lowest BCUT2D eigenvalue weighted by Gasteiger charge is -2.12. The molecule has 0 amide bonds. The number of rotatable bonds is 10. The fraction of sp³-hybridized carbons (Fsp3) is 0.290. The molecule has 0 aliphatic carbocycles. The van der Waals surface area contributed by atoms with Crippen molar-refractivity contribution < 1.29 is 0 Å². The molecule has 3 aromatic carbocycles. The summed E-state index contributed by atoms with van der Waals surface area (Å²) in [6.07, 6.45) is 6.30. The maximum atomic E-state index is 13.8. The van der Waals surface area contributed by atoms with Crippen LogP contribution in [0.15, 0.2) is 83.8 Å². The molecular weight excluding hydrogens is 472 g/mol. The highest BCUT2D eigenvalue weighted by atomic mass is 16.1. The van der Waals surface area contributed by atoms with Gasteiger partial charge in [-0.1, -0.05) is 100 Å². The van der Waals surface area contributed by atoms with Gasteiger partial charge in [0.25, 0.3) is 0 Å². The summed E-state index contributed by atoms with van der Waals surface area (Å²) in [4.78, 5) is 13.8. The molecule has 7 nitrogen and oxygen atoms in total. The zero-order valence-corrected chi connectivity index (χ0v) is 22.3. The number of benzene rings is 3. The van der Waals surface area contributed by atoms with E-state index in [2.05, 4.69) is 84.0 Å². The van der Waals surface area contributed by atoms with Crippen molar-refractivity contribution in [3.63, 3.8) is 0 Å². The number of H-pyrrole nitrogens is 1. The summed E-state index contributed by atoms with van der Waals surface area (Å²) in [6.45, 7) is 7.07. The zero-order valence-electron chi connectivity index (χ0n) is 22.3. The van der Waals surface area contributed by atoms with Crippen LogP contribution in [-0.2, 0) is 13.0 Å². The second-order valence-corrected chi connectivity index (χ2v) is 10.0. The quantitative estimate of drug-likeness (QED) is 0.223. The standard InChI is InChI=1S/C31H34N6O/c1-4-5-6-11-25-21-37(29-15-10-9-12-26(29)22(2)3)31(38)36(25)20-23-16-18-24(19-17-23)27-13-7-8-14-28(27)30-32-34-35-33-30/h7-10,12-19,21-22H,4-6,11,20H2,1-3H3,(H,32,33,34,35). The van der Waals surface area contributed by atoms with Gasteiger partial charge in [-0.3, -0.25) is 9.13 Å². The molecule has 0 aliphatic rings. The molecule has 5 aromatic rings. The molecular formula is C31H34N6O. The number of nitrogens with one attached hydrogen (secondary N) is 1. The number of para-hydroxylation sites is 1. The van der Waals surface area contributed by atoms with Crippen LogP contribution in [0.25, 0.3) is 28.2 Å². The predicted molar refractivity (Wildman–Crippen MR) is 151 cm³/mol. The summed E-state index contributed by atoms with van der Waals surface area (Å²) in [5.74, 6) is 0.962. The van der Waals surface area contributed by atoms with Crippen LogP contribution in [0.4, 0.5) is 0 Å². The van der Waals surface area contributed by atoms with Gasteiger partial charge >= 0.3 is 5.69 Å². The minimum Gasteiger partial charge on any atom is -0.292 e. The summed E-state index contributed by atoms with van der Waals surface area (Å²) in [5, 5.41) is 14.4. The Morgan fingerprint density at radius 3 is 2.34 bits per heavy atom. The van der Waals surface area contributed by atoms with Crippen LogP contribution in [-0.4, -0.2) is 29.8 Å². The van der Waals surface area contributed by atoms with Crippen LogP contribution in [0.3, 0.4) is 0 Å². The van der Waals surface area contributed by atoms with Crippen LogP contribution in [0.5, 0.6) is 0 Å². The third-order valence-electron chi connectivity index (χ3n) is 7.05. The number of hydrogen-bond donors (Lipinski definition) is 1. The SMILES string of the molecule is CCCCCc1cn(-c2ccccc2C(C)C)c(=O)n1Cc1ccc(-c2ccccc2-c2nnn[nH]2)cc1. The summed E-state index contributed by atoms with van der Waals surface area (Å²) >= 11 is 0. The van der Waals surface area contributed by atoms with Crippen molar-refractivity contribution in [1.82, 2.24) is 29.8 Å². The van der Waals surface area contributed by atoms with Gasteiger partial charge in [-0.25, -0.2) is 9.89 Å². The van der Waals surface area contributed by atoms with Crippen molar-refractivity contribution in [3.05, 3.63) is 106 Å². The van der Waals surface area contributed by atoms with Crippen LogP contribution in [0.1, 0.15) is 62.8 Å². The van der Waals surface area contributed by atoms with E-state index in [9.17, 15) is 4.79 Å². The van der Waals surface area contributed by atoms with Crippen molar-refractivity contribution in [2.24, 2.45) is 0 Å². The molecule has 0 spiro atoms. The number of aryl methyl sites for hydroxylation is 1. The van der Waals surface area contributed by atoms with Gasteiger partial charge in [0.15, 0.2) is 5.82 Å².